The second kappa shape index (κ2) is 13.3. The predicted molar refractivity (Wildman–Crippen MR) is 233 cm³/mol. The lowest BCUT2D eigenvalue weighted by atomic mass is 9.94. The molecular formula is C51H31N3OS. The Kier molecular flexibility index (Phi) is 7.64. The van der Waals surface area contributed by atoms with Crippen LogP contribution >= 0.6 is 11.3 Å². The average Bonchev–Trinajstić information content (AvgIpc) is 3.85. The summed E-state index contributed by atoms with van der Waals surface area (Å²) in [5.41, 5.74) is 12.9. The highest BCUT2D eigenvalue weighted by Crippen LogP contribution is 2.44. The topological polar surface area (TPSA) is 51.8 Å². The van der Waals surface area contributed by atoms with Crippen molar-refractivity contribution in [3.05, 3.63) is 188 Å². The van der Waals surface area contributed by atoms with Crippen molar-refractivity contribution in [2.75, 3.05) is 0 Å². The Hall–Kier alpha value is -7.21. The molecule has 0 radical (unpaired) electrons. The van der Waals surface area contributed by atoms with E-state index in [1.807, 2.05) is 60.0 Å². The van der Waals surface area contributed by atoms with Gasteiger partial charge in [0.2, 0.25) is 0 Å². The molecule has 4 heterocycles. The molecule has 0 aliphatic rings. The molecule has 0 amide bonds. The fourth-order valence-electron chi connectivity index (χ4n) is 7.84. The first-order chi connectivity index (χ1) is 27.7. The Balaban J connectivity index is 1.01. The van der Waals surface area contributed by atoms with E-state index >= 15 is 0 Å². The van der Waals surface area contributed by atoms with E-state index in [0.29, 0.717) is 5.82 Å². The zero-order valence-electron chi connectivity index (χ0n) is 30.1. The summed E-state index contributed by atoms with van der Waals surface area (Å²) in [5.74, 6) is 0.679. The second-order valence-electron chi connectivity index (χ2n) is 14.0. The molecule has 0 aliphatic carbocycles. The monoisotopic (exact) mass is 733 g/mol. The molecule has 4 aromatic heterocycles. The van der Waals surface area contributed by atoms with Gasteiger partial charge in [-0.3, -0.25) is 4.98 Å². The number of furan rings is 1. The first kappa shape index (κ1) is 32.2. The maximum Gasteiger partial charge on any atom is 0.160 e. The molecule has 262 valence electrons. The molecular weight excluding hydrogens is 703 g/mol. The van der Waals surface area contributed by atoms with E-state index in [0.717, 1.165) is 72.4 Å². The van der Waals surface area contributed by atoms with E-state index in [9.17, 15) is 0 Å². The molecule has 11 rings (SSSR count). The van der Waals surface area contributed by atoms with Gasteiger partial charge < -0.3 is 4.42 Å². The Morgan fingerprint density at radius 1 is 0.393 bits per heavy atom. The molecule has 0 aliphatic heterocycles. The van der Waals surface area contributed by atoms with Gasteiger partial charge in [-0.15, -0.1) is 11.3 Å². The summed E-state index contributed by atoms with van der Waals surface area (Å²) in [6.45, 7) is 0. The summed E-state index contributed by atoms with van der Waals surface area (Å²) in [5, 5.41) is 4.84. The molecule has 0 bridgehead atoms. The zero-order chi connectivity index (χ0) is 37.0. The van der Waals surface area contributed by atoms with Gasteiger partial charge >= 0.3 is 0 Å². The Morgan fingerprint density at radius 3 is 1.89 bits per heavy atom. The summed E-state index contributed by atoms with van der Waals surface area (Å²) in [7, 11) is 0. The van der Waals surface area contributed by atoms with E-state index in [-0.39, 0.29) is 0 Å². The van der Waals surface area contributed by atoms with Crippen LogP contribution in [-0.2, 0) is 0 Å². The van der Waals surface area contributed by atoms with Crippen molar-refractivity contribution in [3.8, 4) is 67.4 Å². The standard InChI is InChI=1S/C51H31N3OS/c1-2-11-34(12-3-1)51-53-44(31-45(54-51)37-14-10-13-36(29-37)43-17-8-9-28-52-43)33-22-20-32(21-23-33)39-27-26-38(49-42-16-4-6-18-46(42)55-50(39)49)35-24-25-41-40-15-5-7-19-47(40)56-48(41)30-35/h1-31H. The number of pyridine rings is 1. The Morgan fingerprint density at radius 2 is 1.05 bits per heavy atom. The number of hydrogen-bond donors (Lipinski definition) is 0. The third-order valence-corrected chi connectivity index (χ3v) is 11.7. The van der Waals surface area contributed by atoms with Gasteiger partial charge in [-0.25, -0.2) is 9.97 Å². The fourth-order valence-corrected chi connectivity index (χ4v) is 8.99. The van der Waals surface area contributed by atoms with Crippen molar-refractivity contribution >= 4 is 53.4 Å². The highest BCUT2D eigenvalue weighted by molar-refractivity contribution is 7.25. The normalized spacial score (nSPS) is 11.6. The highest BCUT2D eigenvalue weighted by atomic mass is 32.1. The minimum atomic E-state index is 0.679. The maximum absolute atomic E-state index is 6.70. The van der Waals surface area contributed by atoms with Gasteiger partial charge in [0.25, 0.3) is 0 Å². The molecule has 5 heteroatoms. The van der Waals surface area contributed by atoms with Gasteiger partial charge in [-0.2, -0.15) is 0 Å². The predicted octanol–water partition coefficient (Wildman–Crippen LogP) is 14.1. The molecule has 0 saturated heterocycles. The fraction of sp³-hybridized carbons (Fsp3) is 0. The number of rotatable bonds is 6. The maximum atomic E-state index is 6.70. The minimum Gasteiger partial charge on any atom is -0.455 e. The number of hydrogen-bond acceptors (Lipinski definition) is 5. The molecule has 11 aromatic rings. The van der Waals surface area contributed by atoms with Crippen molar-refractivity contribution in [2.24, 2.45) is 0 Å². The third-order valence-electron chi connectivity index (χ3n) is 10.6. The molecule has 0 saturated carbocycles. The Bertz CT molecular complexity index is 3240. The lowest BCUT2D eigenvalue weighted by Crippen LogP contribution is -1.96. The van der Waals surface area contributed by atoms with Crippen LogP contribution in [0, 0.1) is 0 Å². The lowest BCUT2D eigenvalue weighted by molar-refractivity contribution is 0.670. The van der Waals surface area contributed by atoms with E-state index in [1.54, 1.807) is 0 Å². The van der Waals surface area contributed by atoms with Gasteiger partial charge in [-0.1, -0.05) is 133 Å². The van der Waals surface area contributed by atoms with E-state index in [1.165, 1.54) is 31.3 Å². The van der Waals surface area contributed by atoms with Crippen LogP contribution in [0.25, 0.3) is 110 Å². The van der Waals surface area contributed by atoms with Crippen LogP contribution in [-0.4, -0.2) is 15.0 Å². The summed E-state index contributed by atoms with van der Waals surface area (Å²) in [4.78, 5) is 14.8. The number of benzene rings is 7. The van der Waals surface area contributed by atoms with Crippen molar-refractivity contribution in [1.82, 2.24) is 15.0 Å². The average molecular weight is 734 g/mol. The molecule has 0 N–H and O–H groups in total. The summed E-state index contributed by atoms with van der Waals surface area (Å²) in [6, 6.07) is 63.6. The zero-order valence-corrected chi connectivity index (χ0v) is 30.9. The Labute approximate surface area is 327 Å². The number of fused-ring (bicyclic) bond motifs is 6. The number of aromatic nitrogens is 3. The van der Waals surface area contributed by atoms with Crippen molar-refractivity contribution in [1.29, 1.82) is 0 Å². The van der Waals surface area contributed by atoms with E-state index < -0.39 is 0 Å². The molecule has 56 heavy (non-hydrogen) atoms. The number of para-hydroxylation sites is 1. The van der Waals surface area contributed by atoms with Crippen molar-refractivity contribution in [2.45, 2.75) is 0 Å². The van der Waals surface area contributed by atoms with Crippen LogP contribution in [0.15, 0.2) is 193 Å². The van der Waals surface area contributed by atoms with Crippen LogP contribution < -0.4 is 0 Å². The van der Waals surface area contributed by atoms with Gasteiger partial charge in [0.05, 0.1) is 17.1 Å². The van der Waals surface area contributed by atoms with Crippen LogP contribution in [0.5, 0.6) is 0 Å². The molecule has 0 atom stereocenters. The smallest absolute Gasteiger partial charge is 0.160 e. The summed E-state index contributed by atoms with van der Waals surface area (Å²) < 4.78 is 9.29. The van der Waals surface area contributed by atoms with E-state index in [4.69, 9.17) is 14.4 Å². The molecule has 0 unspecified atom stereocenters. The van der Waals surface area contributed by atoms with Gasteiger partial charge in [0.1, 0.15) is 11.2 Å². The van der Waals surface area contributed by atoms with Gasteiger partial charge in [0.15, 0.2) is 5.82 Å². The quantitative estimate of drug-likeness (QED) is 0.171. The van der Waals surface area contributed by atoms with Crippen LogP contribution in [0.4, 0.5) is 0 Å². The number of nitrogens with zero attached hydrogens (tertiary/aromatic N) is 3. The molecule has 0 fully saturated rings. The van der Waals surface area contributed by atoms with Crippen molar-refractivity contribution < 1.29 is 4.42 Å². The summed E-state index contributed by atoms with van der Waals surface area (Å²) >= 11 is 1.84. The lowest BCUT2D eigenvalue weighted by Gasteiger charge is -2.12. The van der Waals surface area contributed by atoms with E-state index in [2.05, 4.69) is 145 Å². The second-order valence-corrected chi connectivity index (χ2v) is 15.1. The van der Waals surface area contributed by atoms with Crippen LogP contribution in [0.3, 0.4) is 0 Å². The van der Waals surface area contributed by atoms with Gasteiger partial charge in [0, 0.05) is 65.0 Å². The molecule has 0 spiro atoms. The SMILES string of the molecule is c1ccc(-c2nc(-c3ccc(-c4ccc(-c5ccc6c(c5)sc5ccccc56)c5c4oc4ccccc45)cc3)cc(-c3cccc(-c4ccccn4)c3)n2)cc1. The third kappa shape index (κ3) is 5.56. The van der Waals surface area contributed by atoms with Gasteiger partial charge in [-0.05, 0) is 65.2 Å². The summed E-state index contributed by atoms with van der Waals surface area (Å²) in [6.07, 6.45) is 1.82. The number of thiophene rings is 1. The first-order valence-corrected chi connectivity index (χ1v) is 19.5. The largest absolute Gasteiger partial charge is 0.455 e. The van der Waals surface area contributed by atoms with Crippen LogP contribution in [0.1, 0.15) is 0 Å². The highest BCUT2D eigenvalue weighted by Gasteiger charge is 2.19. The van der Waals surface area contributed by atoms with Crippen molar-refractivity contribution in [3.63, 3.8) is 0 Å². The molecule has 4 nitrogen and oxygen atoms in total. The minimum absolute atomic E-state index is 0.679. The van der Waals surface area contributed by atoms with Crippen LogP contribution in [0.2, 0.25) is 0 Å². The molecule has 7 aromatic carbocycles. The first-order valence-electron chi connectivity index (χ1n) is 18.7.